The Morgan fingerprint density at radius 3 is 2.62 bits per heavy atom. The molecule has 3 heterocycles. The van der Waals surface area contributed by atoms with Crippen molar-refractivity contribution in [2.45, 2.75) is 33.7 Å². The molecule has 2 N–H and O–H groups in total. The second kappa shape index (κ2) is 6.99. The minimum Gasteiger partial charge on any atom is -0.342 e. The van der Waals surface area contributed by atoms with Gasteiger partial charge in [0.1, 0.15) is 0 Å². The summed E-state index contributed by atoms with van der Waals surface area (Å²) >= 11 is 0. The number of rotatable bonds is 5. The molecule has 0 spiro atoms. The summed E-state index contributed by atoms with van der Waals surface area (Å²) in [4.78, 5) is 24.4. The van der Waals surface area contributed by atoms with E-state index in [0.29, 0.717) is 5.69 Å². The lowest BCUT2D eigenvalue weighted by Gasteiger charge is -2.09. The van der Waals surface area contributed by atoms with Gasteiger partial charge in [-0.2, -0.15) is 10.2 Å². The summed E-state index contributed by atoms with van der Waals surface area (Å²) in [5.74, 6) is -0.702. The number of pyridine rings is 1. The molecule has 0 bridgehead atoms. The van der Waals surface area contributed by atoms with Gasteiger partial charge in [-0.1, -0.05) is 6.07 Å². The SMILES string of the molecule is Cc1nn(C(C)C)c(C)c1NC(=O)CNC(=O)c1cc2ccccn2n1. The van der Waals surface area contributed by atoms with Crippen molar-refractivity contribution in [3.63, 3.8) is 0 Å². The zero-order chi connectivity index (χ0) is 18.8. The van der Waals surface area contributed by atoms with E-state index in [9.17, 15) is 9.59 Å². The number of carbonyl (C=O) groups is 2. The van der Waals surface area contributed by atoms with Gasteiger partial charge in [0.25, 0.3) is 5.91 Å². The summed E-state index contributed by atoms with van der Waals surface area (Å²) in [6, 6.07) is 7.43. The van der Waals surface area contributed by atoms with Crippen LogP contribution in [0.2, 0.25) is 0 Å². The van der Waals surface area contributed by atoms with Crippen molar-refractivity contribution in [2.75, 3.05) is 11.9 Å². The van der Waals surface area contributed by atoms with Crippen LogP contribution in [0, 0.1) is 13.8 Å². The van der Waals surface area contributed by atoms with Crippen LogP contribution in [0.15, 0.2) is 30.5 Å². The molecule has 26 heavy (non-hydrogen) atoms. The minimum atomic E-state index is -0.393. The van der Waals surface area contributed by atoms with Crippen molar-refractivity contribution in [3.8, 4) is 0 Å². The van der Waals surface area contributed by atoms with Crippen molar-refractivity contribution in [1.82, 2.24) is 24.7 Å². The highest BCUT2D eigenvalue weighted by Crippen LogP contribution is 2.22. The molecule has 2 amide bonds. The molecule has 0 aromatic carbocycles. The van der Waals surface area contributed by atoms with E-state index in [1.54, 1.807) is 16.8 Å². The maximum Gasteiger partial charge on any atom is 0.272 e. The fraction of sp³-hybridized carbons (Fsp3) is 0.333. The number of hydrogen-bond acceptors (Lipinski definition) is 4. The lowest BCUT2D eigenvalue weighted by molar-refractivity contribution is -0.115. The van der Waals surface area contributed by atoms with Crippen molar-refractivity contribution in [2.24, 2.45) is 0 Å². The third-order valence-corrected chi connectivity index (χ3v) is 4.09. The Labute approximate surface area is 151 Å². The Balaban J connectivity index is 1.63. The summed E-state index contributed by atoms with van der Waals surface area (Å²) in [7, 11) is 0. The number of hydrogen-bond donors (Lipinski definition) is 2. The zero-order valence-corrected chi connectivity index (χ0v) is 15.3. The third kappa shape index (κ3) is 3.44. The van der Waals surface area contributed by atoms with Gasteiger partial charge in [0.05, 0.1) is 29.1 Å². The van der Waals surface area contributed by atoms with E-state index in [2.05, 4.69) is 20.8 Å². The predicted molar refractivity (Wildman–Crippen MR) is 98.2 cm³/mol. The molecule has 3 aromatic heterocycles. The largest absolute Gasteiger partial charge is 0.342 e. The first kappa shape index (κ1) is 17.7. The molecule has 3 rings (SSSR count). The van der Waals surface area contributed by atoms with Gasteiger partial charge in [-0.05, 0) is 45.9 Å². The topological polar surface area (TPSA) is 93.3 Å². The summed E-state index contributed by atoms with van der Waals surface area (Å²) in [6.07, 6.45) is 1.76. The van der Waals surface area contributed by atoms with E-state index in [4.69, 9.17) is 0 Å². The number of aromatic nitrogens is 4. The van der Waals surface area contributed by atoms with E-state index < -0.39 is 5.91 Å². The van der Waals surface area contributed by atoms with Crippen molar-refractivity contribution in [1.29, 1.82) is 0 Å². The van der Waals surface area contributed by atoms with Gasteiger partial charge in [0.2, 0.25) is 5.91 Å². The van der Waals surface area contributed by atoms with Crippen LogP contribution in [0.5, 0.6) is 0 Å². The van der Waals surface area contributed by atoms with Gasteiger partial charge < -0.3 is 10.6 Å². The Bertz CT molecular complexity index is 936. The Kier molecular flexibility index (Phi) is 4.75. The number of amides is 2. The Morgan fingerprint density at radius 1 is 1.19 bits per heavy atom. The van der Waals surface area contributed by atoms with E-state index >= 15 is 0 Å². The van der Waals surface area contributed by atoms with Crippen LogP contribution < -0.4 is 10.6 Å². The average Bonchev–Trinajstić information content (AvgIpc) is 3.16. The molecule has 0 saturated carbocycles. The van der Waals surface area contributed by atoms with Crippen LogP contribution in [0.4, 0.5) is 5.69 Å². The standard InChI is InChI=1S/C18H22N6O2/c1-11(2)24-13(4)17(12(3)21-24)20-16(25)10-19-18(26)15-9-14-7-5-6-8-23(14)22-15/h5-9,11H,10H2,1-4H3,(H,19,26)(H,20,25). The molecule has 8 nitrogen and oxygen atoms in total. The molecular weight excluding hydrogens is 332 g/mol. The maximum atomic E-state index is 12.2. The molecule has 3 aromatic rings. The summed E-state index contributed by atoms with van der Waals surface area (Å²) < 4.78 is 3.47. The number of anilines is 1. The first-order chi connectivity index (χ1) is 12.4. The lowest BCUT2D eigenvalue weighted by Crippen LogP contribution is -2.33. The maximum absolute atomic E-state index is 12.2. The van der Waals surface area contributed by atoms with E-state index in [-0.39, 0.29) is 24.2 Å². The number of nitrogens with zero attached hydrogens (tertiary/aromatic N) is 4. The highest BCUT2D eigenvalue weighted by Gasteiger charge is 2.17. The molecule has 0 atom stereocenters. The first-order valence-corrected chi connectivity index (χ1v) is 8.45. The van der Waals surface area contributed by atoms with Crippen LogP contribution in [0.25, 0.3) is 5.52 Å². The van der Waals surface area contributed by atoms with Gasteiger partial charge in [-0.3, -0.25) is 14.3 Å². The minimum absolute atomic E-state index is 0.140. The molecule has 0 aliphatic carbocycles. The summed E-state index contributed by atoms with van der Waals surface area (Å²) in [6.45, 7) is 7.67. The summed E-state index contributed by atoms with van der Waals surface area (Å²) in [5.41, 5.74) is 3.40. The number of fused-ring (bicyclic) bond motifs is 1. The average molecular weight is 354 g/mol. The number of aryl methyl sites for hydroxylation is 1. The van der Waals surface area contributed by atoms with Crippen molar-refractivity contribution >= 4 is 23.0 Å². The Morgan fingerprint density at radius 2 is 1.96 bits per heavy atom. The first-order valence-electron chi connectivity index (χ1n) is 8.45. The van der Waals surface area contributed by atoms with E-state index in [0.717, 1.165) is 16.9 Å². The highest BCUT2D eigenvalue weighted by atomic mass is 16.2. The molecule has 0 aliphatic heterocycles. The molecule has 0 radical (unpaired) electrons. The molecular formula is C18H22N6O2. The van der Waals surface area contributed by atoms with E-state index in [1.165, 1.54) is 0 Å². The van der Waals surface area contributed by atoms with Crippen LogP contribution in [-0.2, 0) is 4.79 Å². The fourth-order valence-corrected chi connectivity index (χ4v) is 2.83. The number of carbonyl (C=O) groups excluding carboxylic acids is 2. The van der Waals surface area contributed by atoms with Gasteiger partial charge in [0, 0.05) is 12.2 Å². The monoisotopic (exact) mass is 354 g/mol. The highest BCUT2D eigenvalue weighted by molar-refractivity contribution is 5.99. The van der Waals surface area contributed by atoms with Crippen LogP contribution >= 0.6 is 0 Å². The predicted octanol–water partition coefficient (Wildman–Crippen LogP) is 2.10. The van der Waals surface area contributed by atoms with Gasteiger partial charge in [0.15, 0.2) is 5.69 Å². The second-order valence-electron chi connectivity index (χ2n) is 6.41. The molecule has 0 aliphatic rings. The van der Waals surface area contributed by atoms with E-state index in [1.807, 2.05) is 50.6 Å². The lowest BCUT2D eigenvalue weighted by atomic mass is 10.3. The smallest absolute Gasteiger partial charge is 0.272 e. The van der Waals surface area contributed by atoms with Crippen molar-refractivity contribution < 1.29 is 9.59 Å². The van der Waals surface area contributed by atoms with Crippen LogP contribution in [0.1, 0.15) is 41.8 Å². The molecule has 0 unspecified atom stereocenters. The van der Waals surface area contributed by atoms with Crippen LogP contribution in [-0.4, -0.2) is 37.8 Å². The molecule has 8 heteroatoms. The molecule has 136 valence electrons. The third-order valence-electron chi connectivity index (χ3n) is 4.09. The summed E-state index contributed by atoms with van der Waals surface area (Å²) in [5, 5.41) is 14.0. The fourth-order valence-electron chi connectivity index (χ4n) is 2.83. The molecule has 0 saturated heterocycles. The van der Waals surface area contributed by atoms with Gasteiger partial charge in [-0.15, -0.1) is 0 Å². The normalized spacial score (nSPS) is 11.1. The molecule has 0 fully saturated rings. The Hall–Kier alpha value is -3.16. The van der Waals surface area contributed by atoms with Gasteiger partial charge in [-0.25, -0.2) is 4.52 Å². The van der Waals surface area contributed by atoms with Crippen molar-refractivity contribution in [3.05, 3.63) is 47.5 Å². The van der Waals surface area contributed by atoms with Crippen LogP contribution in [0.3, 0.4) is 0 Å². The van der Waals surface area contributed by atoms with Gasteiger partial charge >= 0.3 is 0 Å². The zero-order valence-electron chi connectivity index (χ0n) is 15.3. The second-order valence-corrected chi connectivity index (χ2v) is 6.41. The number of nitrogens with one attached hydrogen (secondary N) is 2. The quantitative estimate of drug-likeness (QED) is 0.734.